The van der Waals surface area contributed by atoms with Crippen molar-refractivity contribution in [2.24, 2.45) is 16.7 Å². The summed E-state index contributed by atoms with van der Waals surface area (Å²) in [6, 6.07) is 1.90. The molecule has 1 N–H and O–H groups in total. The molecule has 1 saturated carbocycles. The van der Waals surface area contributed by atoms with Gasteiger partial charge in [0.1, 0.15) is 0 Å². The van der Waals surface area contributed by atoms with Crippen molar-refractivity contribution in [2.75, 3.05) is 0 Å². The molecule has 0 spiro atoms. The zero-order chi connectivity index (χ0) is 17.1. The summed E-state index contributed by atoms with van der Waals surface area (Å²) >= 11 is 0. The van der Waals surface area contributed by atoms with Gasteiger partial charge in [-0.05, 0) is 62.8 Å². The Hall–Kier alpha value is -1.84. The van der Waals surface area contributed by atoms with Crippen LogP contribution in [0.25, 0.3) is 0 Å². The molecule has 0 aromatic carbocycles. The first-order valence-electron chi connectivity index (χ1n) is 8.95. The molecule has 0 saturated heterocycles. The lowest BCUT2D eigenvalue weighted by molar-refractivity contribution is -0.159. The van der Waals surface area contributed by atoms with E-state index < -0.39 is 11.4 Å². The summed E-state index contributed by atoms with van der Waals surface area (Å²) in [5.41, 5.74) is 2.23. The monoisotopic (exact) mass is 328 g/mol. The number of carboxylic acid groups (broad SMARTS) is 1. The number of hydrogen-bond donors (Lipinski definition) is 1. The van der Waals surface area contributed by atoms with E-state index in [1.807, 2.05) is 13.0 Å². The number of rotatable bonds is 1. The number of carbonyl (C=O) groups is 2. The molecule has 4 heteroatoms. The van der Waals surface area contributed by atoms with Gasteiger partial charge in [-0.25, -0.2) is 0 Å². The van der Waals surface area contributed by atoms with Crippen molar-refractivity contribution in [3.8, 4) is 0 Å². The van der Waals surface area contributed by atoms with Gasteiger partial charge < -0.3 is 9.52 Å². The van der Waals surface area contributed by atoms with E-state index in [0.29, 0.717) is 12.2 Å². The molecule has 0 amide bonds. The van der Waals surface area contributed by atoms with E-state index in [-0.39, 0.29) is 17.1 Å². The molecule has 0 bridgehead atoms. The van der Waals surface area contributed by atoms with E-state index in [2.05, 4.69) is 6.92 Å². The smallest absolute Gasteiger partial charge is 0.309 e. The number of carbonyl (C=O) groups excluding carboxylic acids is 1. The fourth-order valence-corrected chi connectivity index (χ4v) is 5.73. The normalized spacial score (nSPS) is 35.8. The summed E-state index contributed by atoms with van der Waals surface area (Å²) < 4.78 is 5.47. The third kappa shape index (κ3) is 1.92. The van der Waals surface area contributed by atoms with E-state index >= 15 is 0 Å². The van der Waals surface area contributed by atoms with Gasteiger partial charge in [-0.15, -0.1) is 0 Å². The molecule has 3 atom stereocenters. The maximum atomic E-state index is 13.0. The number of Topliss-reactive ketones (excluding diaryl/α,β-unsaturated/α-hetero) is 1. The molecule has 1 fully saturated rings. The summed E-state index contributed by atoms with van der Waals surface area (Å²) in [6.45, 7) is 4.11. The maximum Gasteiger partial charge on any atom is 0.309 e. The van der Waals surface area contributed by atoms with Crippen LogP contribution in [0, 0.1) is 16.7 Å². The zero-order valence-electron chi connectivity index (χ0n) is 14.4. The van der Waals surface area contributed by atoms with Gasteiger partial charge >= 0.3 is 5.97 Å². The number of ketones is 1. The number of carboxylic acids is 1. The minimum Gasteiger partial charge on any atom is -0.481 e. The van der Waals surface area contributed by atoms with E-state index in [1.165, 1.54) is 5.57 Å². The van der Waals surface area contributed by atoms with Crippen LogP contribution in [0.15, 0.2) is 27.9 Å². The van der Waals surface area contributed by atoms with Crippen molar-refractivity contribution < 1.29 is 19.1 Å². The number of allylic oxidation sites excluding steroid dienone is 2. The van der Waals surface area contributed by atoms with Gasteiger partial charge in [-0.3, -0.25) is 9.59 Å². The highest BCUT2D eigenvalue weighted by molar-refractivity contribution is 6.09. The molecule has 0 unspecified atom stereocenters. The van der Waals surface area contributed by atoms with E-state index in [1.54, 1.807) is 6.26 Å². The molecule has 0 radical (unpaired) electrons. The Morgan fingerprint density at radius 3 is 2.79 bits per heavy atom. The first-order chi connectivity index (χ1) is 11.4. The van der Waals surface area contributed by atoms with Gasteiger partial charge in [0.05, 0.1) is 11.7 Å². The van der Waals surface area contributed by atoms with E-state index in [9.17, 15) is 14.7 Å². The highest BCUT2D eigenvalue weighted by Crippen LogP contribution is 2.61. The fraction of sp³-hybridized carbons (Fsp3) is 0.600. The summed E-state index contributed by atoms with van der Waals surface area (Å²) in [5.74, 6) is -0.0508. The number of fused-ring (bicyclic) bond motifs is 3. The standard InChI is InChI=1S/C20H24O4/c1-19-9-3-10-20(2,18(22)23)15(19)7-5-13-14(19)6-4-12-8-11-24-17(12)16(13)21/h8,11,15H,3-7,9-10H2,1-2H3,(H,22,23)/t15-,19-,20+/m1/s1. The van der Waals surface area contributed by atoms with Crippen molar-refractivity contribution >= 4 is 11.8 Å². The minimum atomic E-state index is -0.687. The third-order valence-corrected chi connectivity index (χ3v) is 7.03. The van der Waals surface area contributed by atoms with Gasteiger partial charge in [0, 0.05) is 11.1 Å². The van der Waals surface area contributed by atoms with Crippen LogP contribution in [-0.2, 0) is 11.2 Å². The highest BCUT2D eigenvalue weighted by atomic mass is 16.4. The lowest BCUT2D eigenvalue weighted by Crippen LogP contribution is -2.50. The molecule has 1 aromatic rings. The number of aryl methyl sites for hydroxylation is 1. The third-order valence-electron chi connectivity index (χ3n) is 7.03. The zero-order valence-corrected chi connectivity index (χ0v) is 14.4. The average Bonchev–Trinajstić information content (AvgIpc) is 2.95. The molecule has 0 aliphatic heterocycles. The summed E-state index contributed by atoms with van der Waals surface area (Å²) in [6.07, 6.45) is 7.33. The van der Waals surface area contributed by atoms with Crippen molar-refractivity contribution in [1.82, 2.24) is 0 Å². The van der Waals surface area contributed by atoms with Gasteiger partial charge in [-0.2, -0.15) is 0 Å². The summed E-state index contributed by atoms with van der Waals surface area (Å²) in [4.78, 5) is 25.0. The van der Waals surface area contributed by atoms with Crippen LogP contribution in [0.4, 0.5) is 0 Å². The second-order valence-corrected chi connectivity index (χ2v) is 8.15. The quantitative estimate of drug-likeness (QED) is 0.830. The Kier molecular flexibility index (Phi) is 3.32. The van der Waals surface area contributed by atoms with Crippen LogP contribution < -0.4 is 0 Å². The van der Waals surface area contributed by atoms with E-state index in [0.717, 1.165) is 49.7 Å². The van der Waals surface area contributed by atoms with Crippen LogP contribution in [0.3, 0.4) is 0 Å². The summed E-state index contributed by atoms with van der Waals surface area (Å²) in [5, 5.41) is 9.87. The lowest BCUT2D eigenvalue weighted by atomic mass is 9.49. The average molecular weight is 328 g/mol. The number of furan rings is 1. The molecule has 1 aromatic heterocycles. The predicted octanol–water partition coefficient (Wildman–Crippen LogP) is 4.40. The first kappa shape index (κ1) is 15.7. The van der Waals surface area contributed by atoms with Gasteiger partial charge in [0.2, 0.25) is 5.78 Å². The largest absolute Gasteiger partial charge is 0.481 e. The van der Waals surface area contributed by atoms with Crippen LogP contribution in [0.5, 0.6) is 0 Å². The fourth-order valence-electron chi connectivity index (χ4n) is 5.73. The predicted molar refractivity (Wildman–Crippen MR) is 88.8 cm³/mol. The van der Waals surface area contributed by atoms with Crippen LogP contribution in [0.2, 0.25) is 0 Å². The molecule has 4 nitrogen and oxygen atoms in total. The Morgan fingerprint density at radius 1 is 1.25 bits per heavy atom. The topological polar surface area (TPSA) is 67.5 Å². The Bertz CT molecular complexity index is 755. The van der Waals surface area contributed by atoms with E-state index in [4.69, 9.17) is 4.42 Å². The van der Waals surface area contributed by atoms with Crippen molar-refractivity contribution in [3.63, 3.8) is 0 Å². The highest BCUT2D eigenvalue weighted by Gasteiger charge is 2.56. The van der Waals surface area contributed by atoms with Gasteiger partial charge in [-0.1, -0.05) is 18.9 Å². The molecule has 24 heavy (non-hydrogen) atoms. The lowest BCUT2D eigenvalue weighted by Gasteiger charge is -2.54. The van der Waals surface area contributed by atoms with Crippen molar-refractivity contribution in [3.05, 3.63) is 34.8 Å². The summed E-state index contributed by atoms with van der Waals surface area (Å²) in [7, 11) is 0. The molecule has 4 rings (SSSR count). The first-order valence-corrected chi connectivity index (χ1v) is 8.95. The van der Waals surface area contributed by atoms with Gasteiger partial charge in [0.25, 0.3) is 0 Å². The molecule has 1 heterocycles. The Morgan fingerprint density at radius 2 is 2.04 bits per heavy atom. The molecule has 3 aliphatic rings. The van der Waals surface area contributed by atoms with Crippen LogP contribution in [-0.4, -0.2) is 16.9 Å². The van der Waals surface area contributed by atoms with Crippen molar-refractivity contribution in [1.29, 1.82) is 0 Å². The SMILES string of the molecule is C[C@]1(C(=O)O)CCC[C@]2(C)C3=C(CC[C@@H]12)C(=O)c1occc1CC3. The second-order valence-electron chi connectivity index (χ2n) is 8.15. The molecular formula is C20H24O4. The maximum absolute atomic E-state index is 13.0. The van der Waals surface area contributed by atoms with Crippen molar-refractivity contribution in [2.45, 2.75) is 58.8 Å². The number of hydrogen-bond acceptors (Lipinski definition) is 3. The second kappa shape index (κ2) is 5.08. The number of aliphatic carboxylic acids is 1. The van der Waals surface area contributed by atoms with Crippen LogP contribution in [0.1, 0.15) is 68.5 Å². The Labute approximate surface area is 141 Å². The van der Waals surface area contributed by atoms with Crippen LogP contribution >= 0.6 is 0 Å². The van der Waals surface area contributed by atoms with Gasteiger partial charge in [0.15, 0.2) is 5.76 Å². The molecule has 3 aliphatic carbocycles. The minimum absolute atomic E-state index is 0.0322. The molecular weight excluding hydrogens is 304 g/mol. The molecule has 128 valence electrons. The Balaban J connectivity index is 1.82.